The summed E-state index contributed by atoms with van der Waals surface area (Å²) in [6.45, 7) is 11.3. The molecule has 0 saturated carbocycles. The highest BCUT2D eigenvalue weighted by Crippen LogP contribution is 2.18. The van der Waals surface area contributed by atoms with Gasteiger partial charge >= 0.3 is 0 Å². The first-order valence-corrected chi connectivity index (χ1v) is 10.2. The molecule has 1 atom stereocenters. The molecule has 2 aliphatic rings. The summed E-state index contributed by atoms with van der Waals surface area (Å²) in [5, 5.41) is 3.12. The van der Waals surface area contributed by atoms with Gasteiger partial charge in [0.15, 0.2) is 0 Å². The Hall–Kier alpha value is -0.560. The number of carbonyl (C=O) groups excluding carboxylic acids is 2. The second-order valence-corrected chi connectivity index (χ2v) is 7.34. The van der Waals surface area contributed by atoms with Crippen LogP contribution in [0.3, 0.4) is 0 Å². The van der Waals surface area contributed by atoms with Gasteiger partial charge in [-0.25, -0.2) is 0 Å². The standard InChI is InChI=1S/C19H36N4O2.2ClH/c1-3-10-21(11-4-2)12-6-8-18(24)22-13-5-7-17(16-22)23-14-9-20-15-19(23)25;;/h17,20H,3-16H2,1-2H3;2*1H. The molecule has 1 N–H and O–H groups in total. The molecule has 27 heavy (non-hydrogen) atoms. The molecule has 2 amide bonds. The van der Waals surface area contributed by atoms with E-state index in [2.05, 4.69) is 24.1 Å². The van der Waals surface area contributed by atoms with E-state index < -0.39 is 0 Å². The Kier molecular flexibility index (Phi) is 14.1. The average Bonchev–Trinajstić information content (AvgIpc) is 2.62. The summed E-state index contributed by atoms with van der Waals surface area (Å²) >= 11 is 0. The van der Waals surface area contributed by atoms with Crippen molar-refractivity contribution in [3.63, 3.8) is 0 Å². The van der Waals surface area contributed by atoms with E-state index in [0.717, 1.165) is 65.1 Å². The first kappa shape index (κ1) is 26.4. The number of hydrogen-bond acceptors (Lipinski definition) is 4. The van der Waals surface area contributed by atoms with Crippen LogP contribution in [0, 0.1) is 0 Å². The fourth-order valence-corrected chi connectivity index (χ4v) is 4.02. The lowest BCUT2D eigenvalue weighted by Crippen LogP contribution is -2.57. The monoisotopic (exact) mass is 424 g/mol. The summed E-state index contributed by atoms with van der Waals surface area (Å²) in [5.74, 6) is 0.445. The Morgan fingerprint density at radius 1 is 1.15 bits per heavy atom. The molecule has 0 aromatic carbocycles. The number of piperidine rings is 1. The van der Waals surface area contributed by atoms with Gasteiger partial charge in [-0.05, 0) is 51.7 Å². The Morgan fingerprint density at radius 2 is 1.85 bits per heavy atom. The van der Waals surface area contributed by atoms with Gasteiger partial charge in [0.25, 0.3) is 0 Å². The van der Waals surface area contributed by atoms with Crippen molar-refractivity contribution in [2.45, 2.75) is 58.4 Å². The number of halogens is 2. The molecule has 2 fully saturated rings. The molecule has 2 heterocycles. The zero-order valence-corrected chi connectivity index (χ0v) is 18.6. The number of nitrogens with one attached hydrogen (secondary N) is 1. The van der Waals surface area contributed by atoms with Crippen LogP contribution in [0.1, 0.15) is 52.4 Å². The zero-order chi connectivity index (χ0) is 18.1. The normalized spacial score (nSPS) is 20.3. The van der Waals surface area contributed by atoms with Crippen molar-refractivity contribution in [3.05, 3.63) is 0 Å². The lowest BCUT2D eigenvalue weighted by atomic mass is 10.0. The Bertz CT molecular complexity index is 434. The molecule has 0 spiro atoms. The fourth-order valence-electron chi connectivity index (χ4n) is 4.02. The van der Waals surface area contributed by atoms with Gasteiger partial charge in [-0.3, -0.25) is 9.59 Å². The van der Waals surface area contributed by atoms with Crippen molar-refractivity contribution in [2.75, 3.05) is 52.4 Å². The quantitative estimate of drug-likeness (QED) is 0.615. The fraction of sp³-hybridized carbons (Fsp3) is 0.895. The number of likely N-dealkylation sites (tertiary alicyclic amines) is 1. The van der Waals surface area contributed by atoms with Crippen LogP contribution >= 0.6 is 24.8 Å². The number of rotatable bonds is 9. The third-order valence-corrected chi connectivity index (χ3v) is 5.26. The van der Waals surface area contributed by atoms with Gasteiger partial charge in [0.1, 0.15) is 0 Å². The van der Waals surface area contributed by atoms with Gasteiger partial charge in [0.2, 0.25) is 11.8 Å². The van der Waals surface area contributed by atoms with Gasteiger partial charge in [0.05, 0.1) is 6.54 Å². The van der Waals surface area contributed by atoms with Crippen LogP contribution in [0.5, 0.6) is 0 Å². The van der Waals surface area contributed by atoms with Crippen LogP contribution in [0.2, 0.25) is 0 Å². The summed E-state index contributed by atoms with van der Waals surface area (Å²) in [6.07, 6.45) is 5.93. The van der Waals surface area contributed by atoms with Gasteiger partial charge < -0.3 is 20.0 Å². The van der Waals surface area contributed by atoms with Crippen molar-refractivity contribution < 1.29 is 9.59 Å². The molecule has 8 heteroatoms. The van der Waals surface area contributed by atoms with Crippen molar-refractivity contribution in [2.24, 2.45) is 0 Å². The van der Waals surface area contributed by atoms with Crippen molar-refractivity contribution in [1.29, 1.82) is 0 Å². The molecule has 6 nitrogen and oxygen atoms in total. The molecule has 0 bridgehead atoms. The predicted molar refractivity (Wildman–Crippen MR) is 115 cm³/mol. The zero-order valence-electron chi connectivity index (χ0n) is 17.0. The SMILES string of the molecule is CCCN(CCC)CCCC(=O)N1CCCC(N2CCNCC2=O)C1.Cl.Cl. The third-order valence-electron chi connectivity index (χ3n) is 5.26. The Morgan fingerprint density at radius 3 is 2.48 bits per heavy atom. The molecular formula is C19H38Cl2N4O2. The van der Waals surface area contributed by atoms with Crippen LogP contribution in [0.4, 0.5) is 0 Å². The Balaban J connectivity index is 0.00000338. The summed E-state index contributed by atoms with van der Waals surface area (Å²) in [4.78, 5) is 31.1. The molecule has 0 aromatic rings. The van der Waals surface area contributed by atoms with Gasteiger partial charge in [-0.15, -0.1) is 24.8 Å². The maximum atomic E-state index is 12.6. The van der Waals surface area contributed by atoms with E-state index in [-0.39, 0.29) is 42.7 Å². The summed E-state index contributed by atoms with van der Waals surface area (Å²) in [7, 11) is 0. The minimum absolute atomic E-state index is 0. The van der Waals surface area contributed by atoms with Crippen LogP contribution in [-0.2, 0) is 9.59 Å². The van der Waals surface area contributed by atoms with Crippen molar-refractivity contribution in [1.82, 2.24) is 20.0 Å². The summed E-state index contributed by atoms with van der Waals surface area (Å²) in [5.41, 5.74) is 0. The highest BCUT2D eigenvalue weighted by Gasteiger charge is 2.31. The molecule has 1 unspecified atom stereocenters. The van der Waals surface area contributed by atoms with Crippen LogP contribution in [-0.4, -0.2) is 84.9 Å². The lowest BCUT2D eigenvalue weighted by Gasteiger charge is -2.41. The van der Waals surface area contributed by atoms with E-state index >= 15 is 0 Å². The maximum absolute atomic E-state index is 12.6. The minimum Gasteiger partial charge on any atom is -0.341 e. The molecule has 0 aliphatic carbocycles. The van der Waals surface area contributed by atoms with E-state index in [1.807, 2.05) is 9.80 Å². The van der Waals surface area contributed by atoms with Gasteiger partial charge in [-0.2, -0.15) is 0 Å². The smallest absolute Gasteiger partial charge is 0.236 e. The molecule has 2 saturated heterocycles. The number of carbonyl (C=O) groups is 2. The third kappa shape index (κ3) is 8.55. The molecular weight excluding hydrogens is 387 g/mol. The number of piperazine rings is 1. The molecule has 2 rings (SSSR count). The van der Waals surface area contributed by atoms with Crippen LogP contribution in [0.15, 0.2) is 0 Å². The van der Waals surface area contributed by atoms with Crippen molar-refractivity contribution >= 4 is 36.6 Å². The summed E-state index contributed by atoms with van der Waals surface area (Å²) < 4.78 is 0. The predicted octanol–water partition coefficient (Wildman–Crippen LogP) is 2.16. The average molecular weight is 425 g/mol. The van der Waals surface area contributed by atoms with Gasteiger partial charge in [0, 0.05) is 38.6 Å². The van der Waals surface area contributed by atoms with Crippen LogP contribution in [0.25, 0.3) is 0 Å². The number of amides is 2. The minimum atomic E-state index is 0. The summed E-state index contributed by atoms with van der Waals surface area (Å²) in [6, 6.07) is 0.212. The van der Waals surface area contributed by atoms with E-state index in [0.29, 0.717) is 13.0 Å². The molecule has 0 radical (unpaired) electrons. The molecule has 0 aromatic heterocycles. The molecule has 160 valence electrons. The maximum Gasteiger partial charge on any atom is 0.236 e. The van der Waals surface area contributed by atoms with Crippen LogP contribution < -0.4 is 5.32 Å². The molecule has 2 aliphatic heterocycles. The Labute approximate surface area is 177 Å². The van der Waals surface area contributed by atoms with E-state index in [9.17, 15) is 9.59 Å². The second-order valence-electron chi connectivity index (χ2n) is 7.34. The number of nitrogens with zero attached hydrogens (tertiary/aromatic N) is 3. The topological polar surface area (TPSA) is 55.9 Å². The number of hydrogen-bond donors (Lipinski definition) is 1. The highest BCUT2D eigenvalue weighted by molar-refractivity contribution is 5.85. The highest BCUT2D eigenvalue weighted by atomic mass is 35.5. The van der Waals surface area contributed by atoms with Gasteiger partial charge in [-0.1, -0.05) is 13.8 Å². The first-order valence-electron chi connectivity index (χ1n) is 10.2. The lowest BCUT2D eigenvalue weighted by molar-refractivity contribution is -0.140. The second kappa shape index (κ2) is 14.4. The van der Waals surface area contributed by atoms with E-state index in [1.54, 1.807) is 0 Å². The van der Waals surface area contributed by atoms with E-state index in [4.69, 9.17) is 0 Å². The van der Waals surface area contributed by atoms with E-state index in [1.165, 1.54) is 12.8 Å². The van der Waals surface area contributed by atoms with Crippen molar-refractivity contribution in [3.8, 4) is 0 Å². The first-order chi connectivity index (χ1) is 12.2. The largest absolute Gasteiger partial charge is 0.341 e.